The van der Waals surface area contributed by atoms with Crippen molar-refractivity contribution in [2.75, 3.05) is 14.2 Å². The van der Waals surface area contributed by atoms with Gasteiger partial charge in [-0.25, -0.2) is 4.79 Å². The topological polar surface area (TPSA) is 103 Å². The summed E-state index contributed by atoms with van der Waals surface area (Å²) in [5.74, 6) is 0.665. The van der Waals surface area contributed by atoms with Crippen molar-refractivity contribution in [3.05, 3.63) is 52.1 Å². The number of fused-ring (bicyclic) bond motifs is 7. The van der Waals surface area contributed by atoms with E-state index in [-0.39, 0.29) is 24.0 Å². The lowest BCUT2D eigenvalue weighted by atomic mass is 9.72. The van der Waals surface area contributed by atoms with E-state index in [2.05, 4.69) is 25.2 Å². The Labute approximate surface area is 248 Å². The van der Waals surface area contributed by atoms with Gasteiger partial charge in [-0.15, -0.1) is 0 Å². The van der Waals surface area contributed by atoms with Crippen LogP contribution >= 0.6 is 11.6 Å². The third-order valence-corrected chi connectivity index (χ3v) is 9.21. The molecule has 4 aliphatic rings. The highest BCUT2D eigenvalue weighted by molar-refractivity contribution is 6.32. The monoisotopic (exact) mass is 589 g/mol. The van der Waals surface area contributed by atoms with Gasteiger partial charge in [0.05, 0.1) is 17.7 Å². The van der Waals surface area contributed by atoms with Crippen molar-refractivity contribution in [1.29, 1.82) is 0 Å². The molecule has 0 saturated carbocycles. The maximum atomic E-state index is 13.6. The lowest BCUT2D eigenvalue weighted by Gasteiger charge is -2.58. The first-order valence-electron chi connectivity index (χ1n) is 14.4. The Morgan fingerprint density at radius 2 is 1.90 bits per heavy atom. The molecule has 41 heavy (non-hydrogen) atoms. The van der Waals surface area contributed by atoms with Crippen LogP contribution in [0.4, 0.5) is 4.79 Å². The number of benzene rings is 1. The maximum Gasteiger partial charge on any atom is 0.409 e. The van der Waals surface area contributed by atoms with Crippen LogP contribution in [0.15, 0.2) is 35.9 Å². The molecule has 1 amide bonds. The Morgan fingerprint density at radius 3 is 2.54 bits per heavy atom. The predicted molar refractivity (Wildman–Crippen MR) is 157 cm³/mol. The van der Waals surface area contributed by atoms with Gasteiger partial charge >= 0.3 is 6.09 Å². The molecule has 1 aromatic carbocycles. The number of hydrogen-bond donors (Lipinski definition) is 2. The van der Waals surface area contributed by atoms with Crippen molar-refractivity contribution in [2.45, 2.75) is 102 Å². The zero-order valence-corrected chi connectivity index (χ0v) is 26.0. The molecule has 0 spiro atoms. The van der Waals surface area contributed by atoms with Crippen LogP contribution in [-0.2, 0) is 31.8 Å². The first-order chi connectivity index (χ1) is 19.2. The molecule has 3 heterocycles. The van der Waals surface area contributed by atoms with Gasteiger partial charge in [0.2, 0.25) is 0 Å². The van der Waals surface area contributed by atoms with Crippen molar-refractivity contribution in [1.82, 2.24) is 5.32 Å². The van der Waals surface area contributed by atoms with Crippen molar-refractivity contribution in [2.24, 2.45) is 11.8 Å². The Kier molecular flexibility index (Phi) is 9.29. The molecule has 8 nitrogen and oxygen atoms in total. The van der Waals surface area contributed by atoms with Gasteiger partial charge in [0.25, 0.3) is 0 Å². The van der Waals surface area contributed by atoms with Gasteiger partial charge in [0.15, 0.2) is 5.72 Å². The fourth-order valence-electron chi connectivity index (χ4n) is 6.64. The number of Topliss-reactive ketones (excluding diaryl/α,β-unsaturated/α-hetero) is 1. The summed E-state index contributed by atoms with van der Waals surface area (Å²) in [7, 11) is 3.08. The van der Waals surface area contributed by atoms with Gasteiger partial charge in [0.1, 0.15) is 29.3 Å². The number of aliphatic hydroxyl groups is 1. The number of amides is 1. The Balaban J connectivity index is 1.72. The number of rotatable bonds is 3. The second kappa shape index (κ2) is 12.1. The predicted octanol–water partition coefficient (Wildman–Crippen LogP) is 5.71. The van der Waals surface area contributed by atoms with Crippen LogP contribution in [-0.4, -0.2) is 60.3 Å². The summed E-state index contributed by atoms with van der Waals surface area (Å²) in [5, 5.41) is 14.6. The minimum absolute atomic E-state index is 0.0819. The van der Waals surface area contributed by atoms with Crippen LogP contribution in [0.3, 0.4) is 0 Å². The number of allylic oxidation sites excluding steroid dienone is 3. The fraction of sp³-hybridized carbons (Fsp3) is 0.625. The number of carbonyl (C=O) groups excluding carboxylic acids is 2. The third kappa shape index (κ3) is 6.82. The van der Waals surface area contributed by atoms with E-state index in [1.54, 1.807) is 13.2 Å². The summed E-state index contributed by atoms with van der Waals surface area (Å²) < 4.78 is 23.2. The molecule has 1 aliphatic carbocycles. The second-order valence-corrected chi connectivity index (χ2v) is 13.1. The smallest absolute Gasteiger partial charge is 0.409 e. The molecule has 6 bridgehead atoms. The van der Waals surface area contributed by atoms with E-state index in [0.29, 0.717) is 42.9 Å². The molecule has 5 rings (SSSR count). The highest BCUT2D eigenvalue weighted by Gasteiger charge is 2.59. The largest absolute Gasteiger partial charge is 0.495 e. The Bertz CT molecular complexity index is 1220. The van der Waals surface area contributed by atoms with Crippen LogP contribution < -0.4 is 10.1 Å². The third-order valence-electron chi connectivity index (χ3n) is 8.78. The van der Waals surface area contributed by atoms with Gasteiger partial charge in [-0.05, 0) is 63.1 Å². The van der Waals surface area contributed by atoms with Gasteiger partial charge in [-0.3, -0.25) is 10.1 Å². The number of hydrogen-bond acceptors (Lipinski definition) is 7. The molecular formula is C32H44ClNO7. The molecule has 2 saturated heterocycles. The first kappa shape index (κ1) is 31.5. The summed E-state index contributed by atoms with van der Waals surface area (Å²) in [5.41, 5.74) is -0.0782. The molecule has 3 aliphatic heterocycles. The Hall–Kier alpha value is -2.39. The lowest BCUT2D eigenvalue weighted by molar-refractivity contribution is -0.305. The molecule has 2 fully saturated rings. The highest BCUT2D eigenvalue weighted by atomic mass is 35.5. The van der Waals surface area contributed by atoms with Gasteiger partial charge in [0, 0.05) is 32.3 Å². The minimum Gasteiger partial charge on any atom is -0.495 e. The van der Waals surface area contributed by atoms with Gasteiger partial charge < -0.3 is 24.1 Å². The van der Waals surface area contributed by atoms with Crippen molar-refractivity contribution >= 4 is 23.5 Å². The maximum absolute atomic E-state index is 13.6. The average Bonchev–Trinajstić information content (AvgIpc) is 2.87. The van der Waals surface area contributed by atoms with E-state index in [4.69, 9.17) is 30.5 Å². The van der Waals surface area contributed by atoms with Crippen LogP contribution in [0, 0.1) is 11.8 Å². The molecule has 2 N–H and O–H groups in total. The number of alkyl carbamates (subject to hydrolysis) is 1. The summed E-state index contributed by atoms with van der Waals surface area (Å²) in [6.07, 6.45) is 5.96. The summed E-state index contributed by atoms with van der Waals surface area (Å²) in [6, 6.07) is 3.99. The van der Waals surface area contributed by atoms with E-state index in [1.165, 1.54) is 7.11 Å². The number of ketones is 1. The fourth-order valence-corrected chi connectivity index (χ4v) is 6.90. The molecule has 6 atom stereocenters. The second-order valence-electron chi connectivity index (χ2n) is 12.7. The molecular weight excluding hydrogens is 546 g/mol. The van der Waals surface area contributed by atoms with Crippen molar-refractivity contribution in [3.8, 4) is 5.75 Å². The van der Waals surface area contributed by atoms with E-state index < -0.39 is 35.2 Å². The van der Waals surface area contributed by atoms with E-state index in [1.807, 2.05) is 39.0 Å². The minimum atomic E-state index is -1.69. The molecule has 226 valence electrons. The number of halogens is 1. The number of methoxy groups -OCH3 is 2. The van der Waals surface area contributed by atoms with Crippen molar-refractivity contribution in [3.63, 3.8) is 0 Å². The van der Waals surface area contributed by atoms with Crippen LogP contribution in [0.25, 0.3) is 0 Å². The number of ether oxygens (including phenoxy) is 4. The molecule has 9 heteroatoms. The average molecular weight is 590 g/mol. The molecule has 1 aromatic rings. The quantitative estimate of drug-likeness (QED) is 0.465. The Morgan fingerprint density at radius 1 is 1.20 bits per heavy atom. The van der Waals surface area contributed by atoms with Gasteiger partial charge in [-0.2, -0.15) is 0 Å². The lowest BCUT2D eigenvalue weighted by Crippen LogP contribution is -2.70. The van der Waals surface area contributed by atoms with E-state index >= 15 is 0 Å². The molecule has 0 radical (unpaired) electrons. The zero-order valence-electron chi connectivity index (χ0n) is 25.2. The van der Waals surface area contributed by atoms with Crippen molar-refractivity contribution < 1.29 is 33.6 Å². The van der Waals surface area contributed by atoms with E-state index in [9.17, 15) is 14.7 Å². The number of nitrogens with one attached hydrogen (secondary N) is 1. The van der Waals surface area contributed by atoms with Crippen LogP contribution in [0.5, 0.6) is 5.75 Å². The number of carbonyl (C=O) groups is 2. The van der Waals surface area contributed by atoms with Crippen LogP contribution in [0.1, 0.15) is 71.4 Å². The SMILES string of the molecule is COc1cc2cc(c1Cl)CC(C(C)C)C(=O)CC[C@@]1(C)C[C@@](C)(O1)[C@@H]1C[C@@](O)(NC(=O)O1)[C@H](OC)/C=C/C=C(\C)C2. The standard InChI is InChI=1S/C32H44ClNO7/c1-19(2)23-16-22-14-21(15-25(38-6)28(22)33)13-20(3)9-8-10-26(39-7)32(37)17-27(40-29(36)34-32)31(5)18-30(4,41-31)12-11-24(23)35/h8-10,14-15,19,23,26-27,37H,11-13,16-18H2,1-7H3,(H,34,36)/b10-8+,20-9+/t23?,26-,27+,30+,31-,32+/m1/s1. The zero-order chi connectivity index (χ0) is 30.2. The summed E-state index contributed by atoms with van der Waals surface area (Å²) >= 11 is 6.75. The summed E-state index contributed by atoms with van der Waals surface area (Å²) in [6.45, 7) is 10.00. The summed E-state index contributed by atoms with van der Waals surface area (Å²) in [4.78, 5) is 26.2. The van der Waals surface area contributed by atoms with Crippen LogP contribution in [0.2, 0.25) is 5.02 Å². The van der Waals surface area contributed by atoms with Gasteiger partial charge in [-0.1, -0.05) is 55.3 Å². The van der Waals surface area contributed by atoms with E-state index in [0.717, 1.165) is 16.7 Å². The highest BCUT2D eigenvalue weighted by Crippen LogP contribution is 2.49. The molecule has 0 aromatic heterocycles. The molecule has 1 unspecified atom stereocenters. The first-order valence-corrected chi connectivity index (χ1v) is 14.7. The normalized spacial score (nSPS) is 36.7.